The Morgan fingerprint density at radius 1 is 0.632 bits per heavy atom. The summed E-state index contributed by atoms with van der Waals surface area (Å²) in [6.07, 6.45) is 2.09. The van der Waals surface area contributed by atoms with E-state index in [-0.39, 0.29) is 0 Å². The first-order chi connectivity index (χ1) is 18.8. The van der Waals surface area contributed by atoms with Gasteiger partial charge < -0.3 is 4.90 Å². The zero-order valence-electron chi connectivity index (χ0n) is 20.3. The van der Waals surface area contributed by atoms with E-state index in [0.29, 0.717) is 0 Å². The Labute approximate surface area is 221 Å². The van der Waals surface area contributed by atoms with Crippen LogP contribution in [0.5, 0.6) is 0 Å². The molecule has 5 aromatic carbocycles. The van der Waals surface area contributed by atoms with Crippen molar-refractivity contribution in [3.63, 3.8) is 0 Å². The first kappa shape index (κ1) is 21.4. The van der Waals surface area contributed by atoms with E-state index in [1.165, 1.54) is 5.39 Å². The third kappa shape index (κ3) is 3.09. The van der Waals surface area contributed by atoms with Gasteiger partial charge in [-0.05, 0) is 65.0 Å². The van der Waals surface area contributed by atoms with Gasteiger partial charge in [0.25, 0.3) is 0 Å². The minimum Gasteiger partial charge on any atom is -0.308 e. The van der Waals surface area contributed by atoms with Crippen LogP contribution in [-0.4, -0.2) is 13.6 Å². The molecule has 180 valence electrons. The number of hydrogen-bond donors (Lipinski definition) is 0. The number of hydrogen-bond acceptors (Lipinski definition) is 3. The molecule has 0 saturated heterocycles. The highest BCUT2D eigenvalue weighted by Crippen LogP contribution is 2.47. The third-order valence-corrected chi connectivity index (χ3v) is 8.82. The Kier molecular flexibility index (Phi) is 4.57. The van der Waals surface area contributed by atoms with E-state index in [2.05, 4.69) is 94.4 Å². The summed E-state index contributed by atoms with van der Waals surface area (Å²) < 4.78 is 16.0. The average Bonchev–Trinajstić information content (AvgIpc) is 3.36. The highest BCUT2D eigenvalue weighted by Gasteiger charge is 2.29. The quantitative estimate of drug-likeness (QED) is 0.236. The summed E-state index contributed by atoms with van der Waals surface area (Å²) in [7, 11) is -1.29. The van der Waals surface area contributed by atoms with Crippen LogP contribution in [0.2, 0.25) is 0 Å². The predicted octanol–water partition coefficient (Wildman–Crippen LogP) is 8.26. The Bertz CT molecular complexity index is 2060. The van der Waals surface area contributed by atoms with Gasteiger partial charge in [0.05, 0.1) is 43.0 Å². The fraction of sp³-hybridized carbons (Fsp3) is 0. The Hall–Kier alpha value is -4.74. The molecule has 0 bridgehead atoms. The largest absolute Gasteiger partial charge is 0.308 e. The van der Waals surface area contributed by atoms with Crippen molar-refractivity contribution in [3.05, 3.63) is 128 Å². The molecule has 38 heavy (non-hydrogen) atoms. The van der Waals surface area contributed by atoms with Crippen molar-refractivity contribution in [2.45, 2.75) is 9.79 Å². The first-order valence-corrected chi connectivity index (χ1v) is 13.7. The molecule has 2 aromatic heterocycles. The van der Waals surface area contributed by atoms with Gasteiger partial charge >= 0.3 is 0 Å². The molecule has 1 aliphatic rings. The molecule has 0 radical (unpaired) electrons. The molecule has 4 nitrogen and oxygen atoms in total. The monoisotopic (exact) mass is 507 g/mol. The Balaban J connectivity index is 1.36. The summed E-state index contributed by atoms with van der Waals surface area (Å²) in [6, 6.07) is 41.4. The fourth-order valence-corrected chi connectivity index (χ4v) is 6.92. The molecule has 0 N–H and O–H groups in total. The smallest absolute Gasteiger partial charge is 0.145 e. The van der Waals surface area contributed by atoms with E-state index >= 15 is 0 Å². The van der Waals surface area contributed by atoms with E-state index in [4.69, 9.17) is 4.98 Å². The highest BCUT2D eigenvalue weighted by atomic mass is 32.2. The van der Waals surface area contributed by atoms with Gasteiger partial charge in [-0.3, -0.25) is 4.40 Å². The van der Waals surface area contributed by atoms with Gasteiger partial charge in [-0.25, -0.2) is 9.19 Å². The fourth-order valence-electron chi connectivity index (χ4n) is 5.54. The first-order valence-electron chi connectivity index (χ1n) is 12.6. The molecule has 0 spiro atoms. The van der Waals surface area contributed by atoms with Gasteiger partial charge in [-0.15, -0.1) is 0 Å². The molecule has 0 saturated carbocycles. The number of imidazole rings is 1. The summed E-state index contributed by atoms with van der Waals surface area (Å²) >= 11 is 0. The molecular weight excluding hydrogens is 486 g/mol. The van der Waals surface area contributed by atoms with E-state index in [1.54, 1.807) is 0 Å². The van der Waals surface area contributed by atoms with Crippen LogP contribution < -0.4 is 4.90 Å². The predicted molar refractivity (Wildman–Crippen MR) is 155 cm³/mol. The number of nitrogens with zero attached hydrogens (tertiary/aromatic N) is 3. The van der Waals surface area contributed by atoms with Crippen LogP contribution in [0, 0.1) is 0 Å². The molecule has 3 heterocycles. The molecule has 7 aromatic rings. The second-order valence-electron chi connectivity index (χ2n) is 9.50. The van der Waals surface area contributed by atoms with Crippen LogP contribution in [0.4, 0.5) is 17.1 Å². The van der Waals surface area contributed by atoms with E-state index < -0.39 is 10.8 Å². The van der Waals surface area contributed by atoms with Gasteiger partial charge in [0.2, 0.25) is 0 Å². The Morgan fingerprint density at radius 2 is 1.42 bits per heavy atom. The van der Waals surface area contributed by atoms with Gasteiger partial charge in [-0.2, -0.15) is 0 Å². The topological polar surface area (TPSA) is 37.6 Å². The lowest BCUT2D eigenvalue weighted by atomic mass is 10.0. The average molecular weight is 508 g/mol. The molecule has 1 atom stereocenters. The van der Waals surface area contributed by atoms with Crippen LogP contribution in [0.3, 0.4) is 0 Å². The number of aromatic nitrogens is 2. The maximum absolute atomic E-state index is 13.8. The minimum absolute atomic E-state index is 0.814. The number of fused-ring (bicyclic) bond motifs is 7. The van der Waals surface area contributed by atoms with Gasteiger partial charge in [0.1, 0.15) is 5.65 Å². The zero-order valence-corrected chi connectivity index (χ0v) is 21.1. The normalized spacial score (nSPS) is 14.6. The third-order valence-electron chi connectivity index (χ3n) is 7.35. The van der Waals surface area contributed by atoms with Crippen molar-refractivity contribution < 1.29 is 4.21 Å². The lowest BCUT2D eigenvalue weighted by Gasteiger charge is -2.33. The molecule has 1 unspecified atom stereocenters. The highest BCUT2D eigenvalue weighted by molar-refractivity contribution is 7.85. The molecule has 5 heteroatoms. The second-order valence-corrected chi connectivity index (χ2v) is 10.9. The number of para-hydroxylation sites is 1. The van der Waals surface area contributed by atoms with Crippen LogP contribution in [0.15, 0.2) is 137 Å². The molecule has 8 rings (SSSR count). The number of anilines is 3. The second kappa shape index (κ2) is 8.13. The minimum atomic E-state index is -1.29. The van der Waals surface area contributed by atoms with Gasteiger partial charge in [0.15, 0.2) is 0 Å². The molecule has 0 aliphatic carbocycles. The van der Waals surface area contributed by atoms with Crippen LogP contribution >= 0.6 is 0 Å². The SMILES string of the molecule is O=S1c2ccccc2N(c2ccc3nc4c5ccccc5ccn4c3c2)c2ccc(-c3ccccc3)cc21. The number of benzene rings is 5. The summed E-state index contributed by atoms with van der Waals surface area (Å²) in [6.45, 7) is 0. The Morgan fingerprint density at radius 3 is 2.34 bits per heavy atom. The molecule has 0 amide bonds. The maximum atomic E-state index is 13.8. The van der Waals surface area contributed by atoms with Gasteiger partial charge in [-0.1, -0.05) is 72.8 Å². The standard InChI is InChI=1S/C33H21N3OS/c37-38-31-13-7-6-12-28(31)36(29-17-14-24(20-32(29)38)22-8-2-1-3-9-22)25-15-16-27-30(21-25)35-19-18-23-10-4-5-11-26(23)33(35)34-27/h1-21H. The summed E-state index contributed by atoms with van der Waals surface area (Å²) in [4.78, 5) is 8.82. The van der Waals surface area contributed by atoms with Crippen molar-refractivity contribution in [1.82, 2.24) is 9.38 Å². The number of pyridine rings is 1. The van der Waals surface area contributed by atoms with Crippen molar-refractivity contribution in [2.75, 3.05) is 4.90 Å². The van der Waals surface area contributed by atoms with Crippen molar-refractivity contribution in [1.29, 1.82) is 0 Å². The zero-order chi connectivity index (χ0) is 25.2. The van der Waals surface area contributed by atoms with Crippen LogP contribution in [0.25, 0.3) is 38.6 Å². The number of rotatable bonds is 2. The molecular formula is C33H21N3OS. The van der Waals surface area contributed by atoms with Crippen molar-refractivity contribution >= 4 is 55.3 Å². The van der Waals surface area contributed by atoms with E-state index in [9.17, 15) is 4.21 Å². The maximum Gasteiger partial charge on any atom is 0.145 e. The van der Waals surface area contributed by atoms with E-state index in [0.717, 1.165) is 60.0 Å². The van der Waals surface area contributed by atoms with Crippen LogP contribution in [-0.2, 0) is 10.8 Å². The lowest BCUT2D eigenvalue weighted by Crippen LogP contribution is -2.19. The van der Waals surface area contributed by atoms with Crippen LogP contribution in [0.1, 0.15) is 0 Å². The van der Waals surface area contributed by atoms with Crippen molar-refractivity contribution in [3.8, 4) is 11.1 Å². The molecule has 1 aliphatic heterocycles. The summed E-state index contributed by atoms with van der Waals surface area (Å²) in [5, 5.41) is 2.30. The van der Waals surface area contributed by atoms with E-state index in [1.807, 2.05) is 42.5 Å². The summed E-state index contributed by atoms with van der Waals surface area (Å²) in [5.41, 5.74) is 7.96. The van der Waals surface area contributed by atoms with Gasteiger partial charge in [0, 0.05) is 17.3 Å². The van der Waals surface area contributed by atoms with Crippen molar-refractivity contribution in [2.24, 2.45) is 0 Å². The lowest BCUT2D eigenvalue weighted by molar-refractivity contribution is 0.682. The molecule has 0 fully saturated rings. The summed E-state index contributed by atoms with van der Waals surface area (Å²) in [5.74, 6) is 0.